The molecule has 0 saturated carbocycles. The number of amides is 1. The van der Waals surface area contributed by atoms with Crippen LogP contribution in [0.1, 0.15) is 24.8 Å². The monoisotopic (exact) mass is 220 g/mol. The van der Waals surface area contributed by atoms with Gasteiger partial charge in [0.1, 0.15) is 5.75 Å². The van der Waals surface area contributed by atoms with E-state index in [0.717, 1.165) is 11.3 Å². The van der Waals surface area contributed by atoms with E-state index in [1.54, 1.807) is 0 Å². The van der Waals surface area contributed by atoms with Crippen LogP contribution in [0.3, 0.4) is 0 Å². The largest absolute Gasteiger partial charge is 0.494 e. The normalized spacial score (nSPS) is 19.6. The molecule has 3 N–H and O–H groups in total. The van der Waals surface area contributed by atoms with E-state index in [2.05, 4.69) is 5.32 Å². The highest BCUT2D eigenvalue weighted by Crippen LogP contribution is 2.32. The van der Waals surface area contributed by atoms with E-state index in [4.69, 9.17) is 10.5 Å². The van der Waals surface area contributed by atoms with Crippen molar-refractivity contribution in [3.63, 3.8) is 0 Å². The van der Waals surface area contributed by atoms with Crippen molar-refractivity contribution < 1.29 is 9.53 Å². The maximum absolute atomic E-state index is 11.2. The lowest BCUT2D eigenvalue weighted by molar-refractivity contribution is -0.119. The van der Waals surface area contributed by atoms with Gasteiger partial charge in [-0.15, -0.1) is 0 Å². The average molecular weight is 220 g/mol. The van der Waals surface area contributed by atoms with E-state index >= 15 is 0 Å². The molecule has 1 aromatic carbocycles. The summed E-state index contributed by atoms with van der Waals surface area (Å²) in [6.45, 7) is 3.22. The summed E-state index contributed by atoms with van der Waals surface area (Å²) < 4.78 is 5.55. The summed E-state index contributed by atoms with van der Waals surface area (Å²) in [5.41, 5.74) is 7.47. The number of rotatable bonds is 3. The topological polar surface area (TPSA) is 64.3 Å². The van der Waals surface area contributed by atoms with Crippen LogP contribution >= 0.6 is 0 Å². The first-order valence-electron chi connectivity index (χ1n) is 5.49. The van der Waals surface area contributed by atoms with Gasteiger partial charge in [0.15, 0.2) is 0 Å². The Bertz CT molecular complexity index is 404. The molecule has 2 rings (SSSR count). The van der Waals surface area contributed by atoms with E-state index < -0.39 is 0 Å². The number of nitrogen functional groups attached to an aromatic ring is 1. The molecule has 1 amide bonds. The van der Waals surface area contributed by atoms with E-state index in [9.17, 15) is 4.79 Å². The number of ether oxygens (including phenoxy) is 1. The predicted molar refractivity (Wildman–Crippen MR) is 62.4 cm³/mol. The van der Waals surface area contributed by atoms with Gasteiger partial charge in [-0.25, -0.2) is 0 Å². The van der Waals surface area contributed by atoms with Crippen molar-refractivity contribution in [3.8, 4) is 5.75 Å². The first-order chi connectivity index (χ1) is 7.70. The molecule has 0 spiro atoms. The third-order valence-electron chi connectivity index (χ3n) is 2.75. The lowest BCUT2D eigenvalue weighted by atomic mass is 9.97. The minimum atomic E-state index is 0.101. The second kappa shape index (κ2) is 4.43. The Hall–Kier alpha value is -1.71. The van der Waals surface area contributed by atoms with Gasteiger partial charge in [0.05, 0.1) is 6.61 Å². The molecule has 1 aromatic rings. The molecule has 1 saturated heterocycles. The molecular formula is C12H16N2O2. The maximum Gasteiger partial charge on any atom is 0.220 e. The second-order valence-corrected chi connectivity index (χ2v) is 3.94. The summed E-state index contributed by atoms with van der Waals surface area (Å²) in [7, 11) is 0. The lowest BCUT2D eigenvalue weighted by Crippen LogP contribution is -2.13. The van der Waals surface area contributed by atoms with Gasteiger partial charge in [-0.1, -0.05) is 6.07 Å². The Morgan fingerprint density at radius 2 is 2.38 bits per heavy atom. The van der Waals surface area contributed by atoms with E-state index in [1.165, 1.54) is 0 Å². The van der Waals surface area contributed by atoms with Crippen LogP contribution in [0, 0.1) is 0 Å². The Balaban J connectivity index is 2.28. The minimum Gasteiger partial charge on any atom is -0.494 e. The van der Waals surface area contributed by atoms with Crippen LogP contribution in [0.2, 0.25) is 0 Å². The van der Waals surface area contributed by atoms with Gasteiger partial charge in [-0.3, -0.25) is 4.79 Å². The summed E-state index contributed by atoms with van der Waals surface area (Å²) in [5.74, 6) is 1.10. The quantitative estimate of drug-likeness (QED) is 0.754. The number of carbonyl (C=O) groups excluding carboxylic acids is 1. The number of hydrogen-bond acceptors (Lipinski definition) is 3. The first kappa shape index (κ1) is 10.8. The number of hydrogen-bond donors (Lipinski definition) is 2. The van der Waals surface area contributed by atoms with Crippen LogP contribution in [0.4, 0.5) is 5.69 Å². The summed E-state index contributed by atoms with van der Waals surface area (Å²) in [4.78, 5) is 11.2. The average Bonchev–Trinajstić information content (AvgIpc) is 2.65. The minimum absolute atomic E-state index is 0.101. The van der Waals surface area contributed by atoms with Crippen molar-refractivity contribution >= 4 is 11.6 Å². The molecule has 0 bridgehead atoms. The Morgan fingerprint density at radius 1 is 1.56 bits per heavy atom. The molecule has 0 radical (unpaired) electrons. The van der Waals surface area contributed by atoms with Crippen LogP contribution in [-0.2, 0) is 4.79 Å². The van der Waals surface area contributed by atoms with Crippen molar-refractivity contribution in [1.29, 1.82) is 0 Å². The second-order valence-electron chi connectivity index (χ2n) is 3.94. The maximum atomic E-state index is 11.2. The van der Waals surface area contributed by atoms with Crippen molar-refractivity contribution in [2.24, 2.45) is 0 Å². The van der Waals surface area contributed by atoms with Gasteiger partial charge < -0.3 is 15.8 Å². The molecule has 1 atom stereocenters. The van der Waals surface area contributed by atoms with E-state index in [-0.39, 0.29) is 11.8 Å². The fourth-order valence-electron chi connectivity index (χ4n) is 1.99. The van der Waals surface area contributed by atoms with Crippen molar-refractivity contribution in [3.05, 3.63) is 23.8 Å². The van der Waals surface area contributed by atoms with Crippen LogP contribution in [0.5, 0.6) is 5.75 Å². The Morgan fingerprint density at radius 3 is 3.00 bits per heavy atom. The highest BCUT2D eigenvalue weighted by Gasteiger charge is 2.25. The molecule has 4 heteroatoms. The number of anilines is 1. The van der Waals surface area contributed by atoms with Gasteiger partial charge in [0.25, 0.3) is 0 Å². The van der Waals surface area contributed by atoms with Gasteiger partial charge in [0.2, 0.25) is 5.91 Å². The van der Waals surface area contributed by atoms with Gasteiger partial charge in [0, 0.05) is 30.6 Å². The fourth-order valence-corrected chi connectivity index (χ4v) is 1.99. The van der Waals surface area contributed by atoms with Crippen LogP contribution in [-0.4, -0.2) is 19.1 Å². The van der Waals surface area contributed by atoms with Crippen LogP contribution in [0.15, 0.2) is 18.2 Å². The highest BCUT2D eigenvalue weighted by atomic mass is 16.5. The number of carbonyl (C=O) groups is 1. The Kier molecular flexibility index (Phi) is 2.99. The molecule has 0 aromatic heterocycles. The van der Waals surface area contributed by atoms with Crippen molar-refractivity contribution in [1.82, 2.24) is 5.32 Å². The van der Waals surface area contributed by atoms with Gasteiger partial charge >= 0.3 is 0 Å². The fraction of sp³-hybridized carbons (Fsp3) is 0.417. The molecule has 1 fully saturated rings. The summed E-state index contributed by atoms with van der Waals surface area (Å²) in [6.07, 6.45) is 0.532. The summed E-state index contributed by atoms with van der Waals surface area (Å²) >= 11 is 0. The van der Waals surface area contributed by atoms with Crippen LogP contribution in [0.25, 0.3) is 0 Å². The van der Waals surface area contributed by atoms with Crippen molar-refractivity contribution in [2.75, 3.05) is 18.9 Å². The molecule has 1 unspecified atom stereocenters. The SMILES string of the molecule is CCOc1cc(N)ccc1C1CNC(=O)C1. The molecule has 0 aliphatic carbocycles. The first-order valence-corrected chi connectivity index (χ1v) is 5.49. The third kappa shape index (κ3) is 2.10. The highest BCUT2D eigenvalue weighted by molar-refractivity contribution is 5.79. The molecule has 1 aliphatic heterocycles. The molecule has 16 heavy (non-hydrogen) atoms. The number of nitrogens with one attached hydrogen (secondary N) is 1. The molecule has 86 valence electrons. The zero-order chi connectivity index (χ0) is 11.5. The van der Waals surface area contributed by atoms with Crippen LogP contribution < -0.4 is 15.8 Å². The van der Waals surface area contributed by atoms with E-state index in [1.807, 2.05) is 25.1 Å². The predicted octanol–water partition coefficient (Wildman–Crippen LogP) is 1.27. The Labute approximate surface area is 94.8 Å². The van der Waals surface area contributed by atoms with E-state index in [0.29, 0.717) is 25.3 Å². The number of nitrogens with two attached hydrogens (primary N) is 1. The van der Waals surface area contributed by atoms with Gasteiger partial charge in [-0.05, 0) is 18.6 Å². The molecule has 1 aliphatic rings. The lowest BCUT2D eigenvalue weighted by Gasteiger charge is -2.14. The molecular weight excluding hydrogens is 204 g/mol. The summed E-state index contributed by atoms with van der Waals surface area (Å²) in [5, 5.41) is 2.83. The van der Waals surface area contributed by atoms with Crippen molar-refractivity contribution in [2.45, 2.75) is 19.3 Å². The summed E-state index contributed by atoms with van der Waals surface area (Å²) in [6, 6.07) is 5.62. The van der Waals surface area contributed by atoms with Gasteiger partial charge in [-0.2, -0.15) is 0 Å². The molecule has 1 heterocycles. The third-order valence-corrected chi connectivity index (χ3v) is 2.75. The number of benzene rings is 1. The zero-order valence-corrected chi connectivity index (χ0v) is 9.32. The standard InChI is InChI=1S/C12H16N2O2/c1-2-16-11-6-9(13)3-4-10(11)8-5-12(15)14-7-8/h3-4,6,8H,2,5,7,13H2,1H3,(H,14,15). The zero-order valence-electron chi connectivity index (χ0n) is 9.32. The molecule has 4 nitrogen and oxygen atoms in total. The smallest absolute Gasteiger partial charge is 0.220 e.